The van der Waals surface area contributed by atoms with Crippen LogP contribution in [0.1, 0.15) is 12.0 Å². The lowest BCUT2D eigenvalue weighted by Crippen LogP contribution is -2.24. The number of aryl methyl sites for hydroxylation is 1. The largest absolute Gasteiger partial charge is 0.387 e. The van der Waals surface area contributed by atoms with Crippen LogP contribution in [0.2, 0.25) is 0 Å². The number of nitrogens with one attached hydrogen (secondary N) is 1. The van der Waals surface area contributed by atoms with Crippen LogP contribution in [0.25, 0.3) is 0 Å². The number of amides is 1. The molecular formula is C12H16N2O2. The van der Waals surface area contributed by atoms with E-state index < -0.39 is 6.61 Å². The van der Waals surface area contributed by atoms with Crippen LogP contribution in [0.3, 0.4) is 0 Å². The van der Waals surface area contributed by atoms with Gasteiger partial charge in [-0.2, -0.15) is 0 Å². The van der Waals surface area contributed by atoms with Gasteiger partial charge in [0.2, 0.25) is 5.91 Å². The van der Waals surface area contributed by atoms with Crippen LogP contribution in [0.15, 0.2) is 18.2 Å². The average molecular weight is 220 g/mol. The van der Waals surface area contributed by atoms with Crippen LogP contribution in [-0.4, -0.2) is 31.2 Å². The SMILES string of the molecule is CN1CCCc2cc(NC(=O)CO)ccc21. The van der Waals surface area contributed by atoms with Gasteiger partial charge in [0.15, 0.2) is 0 Å². The number of aliphatic hydroxyl groups is 1. The van der Waals surface area contributed by atoms with Crippen molar-refractivity contribution in [2.45, 2.75) is 12.8 Å². The maximum Gasteiger partial charge on any atom is 0.250 e. The van der Waals surface area contributed by atoms with Crippen molar-refractivity contribution in [1.29, 1.82) is 0 Å². The first-order valence-electron chi connectivity index (χ1n) is 5.45. The Kier molecular flexibility index (Phi) is 3.10. The lowest BCUT2D eigenvalue weighted by atomic mass is 10.0. The number of hydrogen-bond acceptors (Lipinski definition) is 3. The van der Waals surface area contributed by atoms with Gasteiger partial charge < -0.3 is 15.3 Å². The number of aliphatic hydroxyl groups excluding tert-OH is 1. The smallest absolute Gasteiger partial charge is 0.250 e. The minimum Gasteiger partial charge on any atom is -0.387 e. The Morgan fingerprint density at radius 2 is 2.38 bits per heavy atom. The number of anilines is 2. The third-order valence-corrected chi connectivity index (χ3v) is 2.86. The number of hydrogen-bond donors (Lipinski definition) is 2. The Labute approximate surface area is 94.9 Å². The first kappa shape index (κ1) is 11.0. The van der Waals surface area contributed by atoms with Crippen LogP contribution < -0.4 is 10.2 Å². The van der Waals surface area contributed by atoms with E-state index in [1.54, 1.807) is 0 Å². The first-order valence-corrected chi connectivity index (χ1v) is 5.45. The van der Waals surface area contributed by atoms with Gasteiger partial charge in [-0.05, 0) is 36.6 Å². The van der Waals surface area contributed by atoms with Crippen LogP contribution in [0.5, 0.6) is 0 Å². The summed E-state index contributed by atoms with van der Waals surface area (Å²) in [5.74, 6) is -0.371. The van der Waals surface area contributed by atoms with Gasteiger partial charge in [0.1, 0.15) is 6.61 Å². The highest BCUT2D eigenvalue weighted by molar-refractivity contribution is 5.91. The Morgan fingerprint density at radius 3 is 3.12 bits per heavy atom. The van der Waals surface area contributed by atoms with Crippen LogP contribution in [0.4, 0.5) is 11.4 Å². The van der Waals surface area contributed by atoms with Gasteiger partial charge in [-0.15, -0.1) is 0 Å². The van der Waals surface area contributed by atoms with Crippen molar-refractivity contribution in [1.82, 2.24) is 0 Å². The quantitative estimate of drug-likeness (QED) is 0.781. The van der Waals surface area contributed by atoms with E-state index >= 15 is 0 Å². The molecule has 0 fully saturated rings. The summed E-state index contributed by atoms with van der Waals surface area (Å²) >= 11 is 0. The molecule has 0 spiro atoms. The van der Waals surface area contributed by atoms with Gasteiger partial charge in [-0.1, -0.05) is 0 Å². The standard InChI is InChI=1S/C12H16N2O2/c1-14-6-2-3-9-7-10(4-5-11(9)14)13-12(16)8-15/h4-5,7,15H,2-3,6,8H2,1H3,(H,13,16). The highest BCUT2D eigenvalue weighted by atomic mass is 16.3. The van der Waals surface area contributed by atoms with Crippen molar-refractivity contribution in [2.75, 3.05) is 30.4 Å². The molecule has 0 atom stereocenters. The second-order valence-electron chi connectivity index (χ2n) is 4.07. The van der Waals surface area contributed by atoms with Gasteiger partial charge in [0.05, 0.1) is 0 Å². The molecule has 1 heterocycles. The molecule has 1 aliphatic heterocycles. The van der Waals surface area contributed by atoms with E-state index in [2.05, 4.69) is 17.3 Å². The Bertz CT molecular complexity index is 404. The molecule has 0 bridgehead atoms. The van der Waals surface area contributed by atoms with Gasteiger partial charge in [0.25, 0.3) is 0 Å². The van der Waals surface area contributed by atoms with E-state index in [-0.39, 0.29) is 5.91 Å². The number of benzene rings is 1. The normalized spacial score (nSPS) is 14.5. The molecule has 0 radical (unpaired) electrons. The number of carbonyl (C=O) groups excluding carboxylic acids is 1. The molecule has 16 heavy (non-hydrogen) atoms. The molecule has 86 valence electrons. The Morgan fingerprint density at radius 1 is 1.56 bits per heavy atom. The van der Waals surface area contributed by atoms with E-state index in [9.17, 15) is 4.79 Å². The van der Waals surface area contributed by atoms with E-state index in [0.717, 1.165) is 25.1 Å². The molecular weight excluding hydrogens is 204 g/mol. The molecule has 1 aliphatic rings. The summed E-state index contributed by atoms with van der Waals surface area (Å²) in [6, 6.07) is 5.87. The zero-order chi connectivity index (χ0) is 11.5. The zero-order valence-corrected chi connectivity index (χ0v) is 9.36. The predicted molar refractivity (Wildman–Crippen MR) is 63.7 cm³/mol. The zero-order valence-electron chi connectivity index (χ0n) is 9.36. The molecule has 2 N–H and O–H groups in total. The van der Waals surface area contributed by atoms with E-state index in [0.29, 0.717) is 0 Å². The van der Waals surface area contributed by atoms with Crippen molar-refractivity contribution < 1.29 is 9.90 Å². The summed E-state index contributed by atoms with van der Waals surface area (Å²) in [4.78, 5) is 13.3. The molecule has 0 unspecified atom stereocenters. The van der Waals surface area contributed by atoms with Crippen molar-refractivity contribution in [3.63, 3.8) is 0 Å². The van der Waals surface area contributed by atoms with Crippen LogP contribution in [0, 0.1) is 0 Å². The molecule has 4 nitrogen and oxygen atoms in total. The summed E-state index contributed by atoms with van der Waals surface area (Å²) < 4.78 is 0. The van der Waals surface area contributed by atoms with Gasteiger partial charge in [-0.3, -0.25) is 4.79 Å². The Balaban J connectivity index is 2.21. The van der Waals surface area contributed by atoms with Crippen molar-refractivity contribution >= 4 is 17.3 Å². The molecule has 0 aromatic heterocycles. The number of rotatable bonds is 2. The third-order valence-electron chi connectivity index (χ3n) is 2.86. The van der Waals surface area contributed by atoms with E-state index in [4.69, 9.17) is 5.11 Å². The van der Waals surface area contributed by atoms with Crippen molar-refractivity contribution in [3.8, 4) is 0 Å². The highest BCUT2D eigenvalue weighted by Gasteiger charge is 2.13. The van der Waals surface area contributed by atoms with Crippen molar-refractivity contribution in [3.05, 3.63) is 23.8 Å². The monoisotopic (exact) mass is 220 g/mol. The molecule has 1 amide bonds. The summed E-state index contributed by atoms with van der Waals surface area (Å²) in [6.07, 6.45) is 2.18. The molecule has 0 saturated carbocycles. The molecule has 4 heteroatoms. The van der Waals surface area contributed by atoms with Gasteiger partial charge in [0, 0.05) is 25.0 Å². The van der Waals surface area contributed by atoms with Crippen LogP contribution >= 0.6 is 0 Å². The molecule has 1 aromatic rings. The van der Waals surface area contributed by atoms with Crippen molar-refractivity contribution in [2.24, 2.45) is 0 Å². The van der Waals surface area contributed by atoms with Gasteiger partial charge >= 0.3 is 0 Å². The van der Waals surface area contributed by atoms with E-state index in [1.165, 1.54) is 11.3 Å². The summed E-state index contributed by atoms with van der Waals surface area (Å²) in [5.41, 5.74) is 3.24. The predicted octanol–water partition coefficient (Wildman–Crippen LogP) is 1.000. The highest BCUT2D eigenvalue weighted by Crippen LogP contribution is 2.28. The fourth-order valence-corrected chi connectivity index (χ4v) is 2.06. The third kappa shape index (κ3) is 2.17. The van der Waals surface area contributed by atoms with Gasteiger partial charge in [-0.25, -0.2) is 0 Å². The number of fused-ring (bicyclic) bond motifs is 1. The molecule has 2 rings (SSSR count). The van der Waals surface area contributed by atoms with Crippen LogP contribution in [-0.2, 0) is 11.2 Å². The minimum absolute atomic E-state index is 0.371. The topological polar surface area (TPSA) is 52.6 Å². The fourth-order valence-electron chi connectivity index (χ4n) is 2.06. The lowest BCUT2D eigenvalue weighted by Gasteiger charge is -2.27. The summed E-state index contributed by atoms with van der Waals surface area (Å²) in [7, 11) is 2.07. The molecule has 0 saturated heterocycles. The maximum atomic E-state index is 11.0. The average Bonchev–Trinajstić information content (AvgIpc) is 2.29. The number of carbonyl (C=O) groups is 1. The lowest BCUT2D eigenvalue weighted by molar-refractivity contribution is -0.118. The number of nitrogens with zero attached hydrogens (tertiary/aromatic N) is 1. The summed E-state index contributed by atoms with van der Waals surface area (Å²) in [5, 5.41) is 11.3. The second kappa shape index (κ2) is 4.53. The maximum absolute atomic E-state index is 11.0. The second-order valence-corrected chi connectivity index (χ2v) is 4.07. The fraction of sp³-hybridized carbons (Fsp3) is 0.417. The Hall–Kier alpha value is -1.55. The minimum atomic E-state index is -0.475. The molecule has 0 aliphatic carbocycles. The van der Waals surface area contributed by atoms with E-state index in [1.807, 2.05) is 18.2 Å². The molecule has 1 aromatic carbocycles. The summed E-state index contributed by atoms with van der Waals surface area (Å²) in [6.45, 7) is 0.604. The first-order chi connectivity index (χ1) is 7.70.